The highest BCUT2D eigenvalue weighted by Crippen LogP contribution is 2.37. The van der Waals surface area contributed by atoms with E-state index in [2.05, 4.69) is 138 Å². The Hall–Kier alpha value is -3.90. The van der Waals surface area contributed by atoms with Crippen LogP contribution in [0, 0.1) is 34.6 Å². The lowest BCUT2D eigenvalue weighted by molar-refractivity contribution is 1.38. The molecule has 0 N–H and O–H groups in total. The molecule has 0 saturated carbocycles. The van der Waals surface area contributed by atoms with Crippen LogP contribution in [0.2, 0.25) is 0 Å². The molecule has 0 aliphatic rings. The monoisotopic (exact) mass is 452 g/mol. The Morgan fingerprint density at radius 2 is 0.686 bits per heavy atom. The van der Waals surface area contributed by atoms with Crippen LogP contribution in [0.3, 0.4) is 0 Å². The zero-order valence-corrected chi connectivity index (χ0v) is 21.3. The summed E-state index contributed by atoms with van der Waals surface area (Å²) in [6, 6.07) is 37.7. The lowest BCUT2D eigenvalue weighted by atomic mass is 9.87. The molecule has 5 aromatic rings. The van der Waals surface area contributed by atoms with Gasteiger partial charge in [0.25, 0.3) is 0 Å². The molecule has 5 aromatic carbocycles. The molecule has 35 heavy (non-hydrogen) atoms. The summed E-state index contributed by atoms with van der Waals surface area (Å²) in [5.74, 6) is 0. The van der Waals surface area contributed by atoms with Gasteiger partial charge in [0.15, 0.2) is 0 Å². The van der Waals surface area contributed by atoms with Crippen LogP contribution in [0.25, 0.3) is 44.5 Å². The molecule has 172 valence electrons. The van der Waals surface area contributed by atoms with Gasteiger partial charge in [0.2, 0.25) is 0 Å². The van der Waals surface area contributed by atoms with E-state index in [0.29, 0.717) is 0 Å². The summed E-state index contributed by atoms with van der Waals surface area (Å²) in [5, 5.41) is 0. The van der Waals surface area contributed by atoms with E-state index in [1.807, 2.05) is 0 Å². The van der Waals surface area contributed by atoms with Crippen LogP contribution in [0.1, 0.15) is 27.8 Å². The second-order valence-corrected chi connectivity index (χ2v) is 9.67. The Bertz CT molecular complexity index is 1530. The molecule has 0 atom stereocenters. The van der Waals surface area contributed by atoms with Crippen molar-refractivity contribution in [2.45, 2.75) is 34.6 Å². The predicted octanol–water partition coefficient (Wildman–Crippen LogP) is 9.90. The van der Waals surface area contributed by atoms with Crippen LogP contribution in [0.5, 0.6) is 0 Å². The predicted molar refractivity (Wildman–Crippen MR) is 152 cm³/mol. The highest BCUT2D eigenvalue weighted by molar-refractivity contribution is 5.84. The maximum Gasteiger partial charge on any atom is -0.0146 e. The van der Waals surface area contributed by atoms with Gasteiger partial charge in [-0.15, -0.1) is 0 Å². The lowest BCUT2D eigenvalue weighted by Crippen LogP contribution is -1.93. The summed E-state index contributed by atoms with van der Waals surface area (Å²) in [6.45, 7) is 11.1. The molecule has 0 aromatic heterocycles. The summed E-state index contributed by atoms with van der Waals surface area (Å²) < 4.78 is 0. The van der Waals surface area contributed by atoms with E-state index in [9.17, 15) is 0 Å². The molecule has 0 spiro atoms. The maximum atomic E-state index is 2.37. The highest BCUT2D eigenvalue weighted by Gasteiger charge is 2.13. The van der Waals surface area contributed by atoms with Gasteiger partial charge in [-0.1, -0.05) is 91.0 Å². The number of rotatable bonds is 4. The minimum atomic E-state index is 1.25. The molecular weight excluding hydrogens is 420 g/mol. The Labute approximate surface area is 209 Å². The molecular formula is C35H32. The summed E-state index contributed by atoms with van der Waals surface area (Å²) in [6.07, 6.45) is 0. The Morgan fingerprint density at radius 1 is 0.314 bits per heavy atom. The van der Waals surface area contributed by atoms with Crippen molar-refractivity contribution in [3.8, 4) is 44.5 Å². The SMILES string of the molecule is Cc1ccccc1-c1cc(-c2ccc(C)c(-c3cccc(-c4ccccc4C)c3C)c2)ccc1C. The first-order chi connectivity index (χ1) is 16.9. The van der Waals surface area contributed by atoms with E-state index in [4.69, 9.17) is 0 Å². The second kappa shape index (κ2) is 9.39. The quantitative estimate of drug-likeness (QED) is 0.254. The minimum absolute atomic E-state index is 1.25. The van der Waals surface area contributed by atoms with Gasteiger partial charge in [0, 0.05) is 0 Å². The van der Waals surface area contributed by atoms with Gasteiger partial charge < -0.3 is 0 Å². The molecule has 0 aliphatic heterocycles. The molecule has 0 amide bonds. The second-order valence-electron chi connectivity index (χ2n) is 9.67. The third kappa shape index (κ3) is 4.33. The summed E-state index contributed by atoms with van der Waals surface area (Å²) in [5.41, 5.74) is 16.9. The molecule has 0 bridgehead atoms. The molecule has 0 radical (unpaired) electrons. The third-order valence-electron chi connectivity index (χ3n) is 7.30. The fourth-order valence-corrected chi connectivity index (χ4v) is 5.15. The van der Waals surface area contributed by atoms with E-state index < -0.39 is 0 Å². The fraction of sp³-hybridized carbons (Fsp3) is 0.143. The standard InChI is InChI=1S/C35H32/c1-23-11-6-8-13-30(23)32-15-10-16-33(27(32)5)35-22-29(20-18-26(35)4)28-19-17-25(3)34(21-28)31-14-9-7-12-24(31)2/h6-22H,1-5H3. The largest absolute Gasteiger partial charge is 0.0620 e. The van der Waals surface area contributed by atoms with Gasteiger partial charge in [-0.3, -0.25) is 0 Å². The minimum Gasteiger partial charge on any atom is -0.0620 e. The molecule has 0 saturated heterocycles. The van der Waals surface area contributed by atoms with Gasteiger partial charge in [0.1, 0.15) is 0 Å². The van der Waals surface area contributed by atoms with Crippen molar-refractivity contribution in [1.29, 1.82) is 0 Å². The van der Waals surface area contributed by atoms with Crippen molar-refractivity contribution >= 4 is 0 Å². The van der Waals surface area contributed by atoms with Gasteiger partial charge in [-0.25, -0.2) is 0 Å². The number of aryl methyl sites for hydroxylation is 4. The van der Waals surface area contributed by atoms with E-state index in [0.717, 1.165) is 0 Å². The lowest BCUT2D eigenvalue weighted by Gasteiger charge is -2.17. The third-order valence-corrected chi connectivity index (χ3v) is 7.30. The molecule has 0 heterocycles. The van der Waals surface area contributed by atoms with Crippen LogP contribution < -0.4 is 0 Å². The Morgan fingerprint density at radius 3 is 1.20 bits per heavy atom. The van der Waals surface area contributed by atoms with Crippen molar-refractivity contribution in [2.24, 2.45) is 0 Å². The molecule has 0 heteroatoms. The molecule has 5 rings (SSSR count). The Balaban J connectivity index is 1.63. The number of benzene rings is 5. The van der Waals surface area contributed by atoms with Gasteiger partial charge in [0.05, 0.1) is 0 Å². The van der Waals surface area contributed by atoms with Crippen LogP contribution in [0.15, 0.2) is 103 Å². The van der Waals surface area contributed by atoms with Gasteiger partial charge in [-0.05, 0) is 119 Å². The van der Waals surface area contributed by atoms with Crippen LogP contribution in [0.4, 0.5) is 0 Å². The highest BCUT2D eigenvalue weighted by atomic mass is 14.2. The number of hydrogen-bond acceptors (Lipinski definition) is 0. The average molecular weight is 453 g/mol. The first kappa shape index (κ1) is 22.9. The van der Waals surface area contributed by atoms with Crippen LogP contribution in [-0.4, -0.2) is 0 Å². The van der Waals surface area contributed by atoms with Gasteiger partial charge in [-0.2, -0.15) is 0 Å². The number of hydrogen-bond donors (Lipinski definition) is 0. The van der Waals surface area contributed by atoms with E-state index in [1.54, 1.807) is 0 Å². The summed E-state index contributed by atoms with van der Waals surface area (Å²) >= 11 is 0. The average Bonchev–Trinajstić information content (AvgIpc) is 2.86. The first-order valence-corrected chi connectivity index (χ1v) is 12.4. The van der Waals surface area contributed by atoms with E-state index in [1.165, 1.54) is 72.3 Å². The van der Waals surface area contributed by atoms with Crippen molar-refractivity contribution in [2.75, 3.05) is 0 Å². The first-order valence-electron chi connectivity index (χ1n) is 12.4. The smallest absolute Gasteiger partial charge is 0.0146 e. The Kier molecular flexibility index (Phi) is 6.14. The molecule has 0 nitrogen and oxygen atoms in total. The van der Waals surface area contributed by atoms with Crippen LogP contribution in [-0.2, 0) is 0 Å². The molecule has 0 unspecified atom stereocenters. The fourth-order valence-electron chi connectivity index (χ4n) is 5.15. The van der Waals surface area contributed by atoms with Gasteiger partial charge >= 0.3 is 0 Å². The van der Waals surface area contributed by atoms with Crippen molar-refractivity contribution in [3.05, 3.63) is 131 Å². The van der Waals surface area contributed by atoms with E-state index in [-0.39, 0.29) is 0 Å². The zero-order chi connectivity index (χ0) is 24.5. The topological polar surface area (TPSA) is 0 Å². The van der Waals surface area contributed by atoms with Crippen LogP contribution >= 0.6 is 0 Å². The zero-order valence-electron chi connectivity index (χ0n) is 21.3. The molecule has 0 fully saturated rings. The normalized spacial score (nSPS) is 11.0. The molecule has 0 aliphatic carbocycles. The van der Waals surface area contributed by atoms with Crippen molar-refractivity contribution in [3.63, 3.8) is 0 Å². The summed E-state index contributed by atoms with van der Waals surface area (Å²) in [7, 11) is 0. The summed E-state index contributed by atoms with van der Waals surface area (Å²) in [4.78, 5) is 0. The van der Waals surface area contributed by atoms with Crippen molar-refractivity contribution in [1.82, 2.24) is 0 Å². The van der Waals surface area contributed by atoms with Crippen molar-refractivity contribution < 1.29 is 0 Å². The maximum absolute atomic E-state index is 2.37. The van der Waals surface area contributed by atoms with E-state index >= 15 is 0 Å².